The summed E-state index contributed by atoms with van der Waals surface area (Å²) < 4.78 is 27.6. The molecule has 0 saturated carbocycles. The molecule has 41 heavy (non-hydrogen) atoms. The number of phenols is 2. The van der Waals surface area contributed by atoms with E-state index in [0.29, 0.717) is 5.56 Å². The van der Waals surface area contributed by atoms with E-state index in [1.807, 2.05) is 0 Å². The molecule has 2 aliphatic heterocycles. The fourth-order valence-corrected chi connectivity index (χ4v) is 4.74. The zero-order chi connectivity index (χ0) is 29.6. The number of hydrogen-bond acceptors (Lipinski definition) is 14. The minimum absolute atomic E-state index is 0.00951. The Morgan fingerprint density at radius 1 is 0.805 bits per heavy atom. The highest BCUT2D eigenvalue weighted by Crippen LogP contribution is 2.33. The largest absolute Gasteiger partial charge is 0.508 e. The topological polar surface area (TPSA) is 229 Å². The SMILES string of the molecule is C[C@H]1O[C@H](OC[C@H]2O[C@@H](Oc3cc(O)c4c(=O)c(-c5ccc(O)cc5)coc4c3)[C@H](O)[C@@H](O)[C@@H]2O)[C@@H](O)[C@@H](O)[C@@H]1O. The van der Waals surface area contributed by atoms with Gasteiger partial charge < -0.3 is 64.2 Å². The summed E-state index contributed by atoms with van der Waals surface area (Å²) in [6.07, 6.45) is -13.7. The molecule has 1 aromatic heterocycles. The van der Waals surface area contributed by atoms with Crippen molar-refractivity contribution < 1.29 is 64.2 Å². The van der Waals surface area contributed by atoms with Crippen molar-refractivity contribution in [2.24, 2.45) is 0 Å². The van der Waals surface area contributed by atoms with Crippen molar-refractivity contribution in [3.05, 3.63) is 52.9 Å². The normalized spacial score (nSPS) is 34.0. The first-order valence-corrected chi connectivity index (χ1v) is 12.7. The molecule has 14 heteroatoms. The maximum atomic E-state index is 13.1. The number of phenolic OH excluding ortho intramolecular Hbond substituents is 2. The summed E-state index contributed by atoms with van der Waals surface area (Å²) in [5.74, 6) is -0.606. The van der Waals surface area contributed by atoms with Gasteiger partial charge in [-0.15, -0.1) is 0 Å². The van der Waals surface area contributed by atoms with Crippen molar-refractivity contribution in [2.75, 3.05) is 6.61 Å². The Morgan fingerprint density at radius 3 is 2.17 bits per heavy atom. The number of fused-ring (bicyclic) bond motifs is 1. The van der Waals surface area contributed by atoms with Crippen LogP contribution in [-0.4, -0.2) is 109 Å². The van der Waals surface area contributed by atoms with E-state index in [2.05, 4.69) is 0 Å². The standard InChI is InChI=1S/C27H30O14/c1-10-19(30)22(33)24(35)26(39-10)38-9-17-21(32)23(34)25(36)27(41-17)40-13-6-15(29)18-16(7-13)37-8-14(20(18)31)11-2-4-12(28)5-3-11/h2-8,10,17,19,21-30,32-36H,9H2,1H3/t10-,17-,19-,21-,22+,23+,24+,25-,26+,27-/m1/s1. The van der Waals surface area contributed by atoms with Crippen LogP contribution >= 0.6 is 0 Å². The molecule has 10 atom stereocenters. The van der Waals surface area contributed by atoms with Gasteiger partial charge in [0, 0.05) is 12.1 Å². The van der Waals surface area contributed by atoms with E-state index in [1.54, 1.807) is 0 Å². The van der Waals surface area contributed by atoms with E-state index in [4.69, 9.17) is 23.4 Å². The summed E-state index contributed by atoms with van der Waals surface area (Å²) in [5.41, 5.74) is -0.0266. The molecule has 8 N–H and O–H groups in total. The molecule has 0 aliphatic carbocycles. The Labute approximate surface area is 231 Å². The van der Waals surface area contributed by atoms with Gasteiger partial charge in [0.25, 0.3) is 0 Å². The van der Waals surface area contributed by atoms with Crippen molar-refractivity contribution in [3.63, 3.8) is 0 Å². The number of aromatic hydroxyl groups is 2. The van der Waals surface area contributed by atoms with Gasteiger partial charge in [0.05, 0.1) is 18.3 Å². The average molecular weight is 579 g/mol. The molecule has 2 aliphatic rings. The highest BCUT2D eigenvalue weighted by Gasteiger charge is 2.47. The minimum Gasteiger partial charge on any atom is -0.508 e. The van der Waals surface area contributed by atoms with Crippen LogP contribution in [0.4, 0.5) is 0 Å². The number of ether oxygens (including phenoxy) is 4. The molecule has 14 nitrogen and oxygen atoms in total. The second-order valence-electron chi connectivity index (χ2n) is 9.99. The van der Waals surface area contributed by atoms with Crippen LogP contribution < -0.4 is 10.2 Å². The quantitative estimate of drug-likeness (QED) is 0.174. The van der Waals surface area contributed by atoms with Crippen LogP contribution in [0.2, 0.25) is 0 Å². The molecule has 0 radical (unpaired) electrons. The number of rotatable bonds is 6. The first-order valence-electron chi connectivity index (χ1n) is 12.7. The maximum absolute atomic E-state index is 13.1. The molecule has 0 bridgehead atoms. The van der Waals surface area contributed by atoms with Crippen molar-refractivity contribution >= 4 is 11.0 Å². The third kappa shape index (κ3) is 5.61. The number of aliphatic hydroxyl groups is 6. The Kier molecular flexibility index (Phi) is 8.20. The van der Waals surface area contributed by atoms with Gasteiger partial charge in [-0.3, -0.25) is 4.79 Å². The first kappa shape index (κ1) is 29.2. The lowest BCUT2D eigenvalue weighted by Gasteiger charge is -2.42. The highest BCUT2D eigenvalue weighted by molar-refractivity contribution is 5.88. The predicted molar refractivity (Wildman–Crippen MR) is 137 cm³/mol. The number of hydrogen-bond donors (Lipinski definition) is 8. The van der Waals surface area contributed by atoms with Crippen LogP contribution in [0.15, 0.2) is 51.9 Å². The minimum atomic E-state index is -1.76. The Hall–Kier alpha value is -3.31. The maximum Gasteiger partial charge on any atom is 0.229 e. The Morgan fingerprint density at radius 2 is 1.46 bits per heavy atom. The van der Waals surface area contributed by atoms with Crippen LogP contribution in [0.25, 0.3) is 22.1 Å². The summed E-state index contributed by atoms with van der Waals surface area (Å²) in [4.78, 5) is 13.1. The van der Waals surface area contributed by atoms with E-state index in [0.717, 1.165) is 6.07 Å². The molecule has 0 spiro atoms. The summed E-state index contributed by atoms with van der Waals surface area (Å²) in [6, 6.07) is 8.16. The van der Waals surface area contributed by atoms with E-state index in [-0.39, 0.29) is 28.0 Å². The Bertz CT molecular complexity index is 1420. The molecule has 2 fully saturated rings. The van der Waals surface area contributed by atoms with Gasteiger partial charge in [-0.05, 0) is 24.6 Å². The summed E-state index contributed by atoms with van der Waals surface area (Å²) in [7, 11) is 0. The lowest BCUT2D eigenvalue weighted by molar-refractivity contribution is -0.318. The van der Waals surface area contributed by atoms with Gasteiger partial charge >= 0.3 is 0 Å². The van der Waals surface area contributed by atoms with Crippen molar-refractivity contribution in [1.82, 2.24) is 0 Å². The first-order chi connectivity index (χ1) is 19.5. The molecule has 3 aromatic rings. The van der Waals surface area contributed by atoms with E-state index >= 15 is 0 Å². The third-order valence-electron chi connectivity index (χ3n) is 7.16. The third-order valence-corrected chi connectivity index (χ3v) is 7.16. The van der Waals surface area contributed by atoms with Crippen LogP contribution in [0.3, 0.4) is 0 Å². The lowest BCUT2D eigenvalue weighted by Crippen LogP contribution is -2.61. The second-order valence-corrected chi connectivity index (χ2v) is 9.99. The molecule has 2 saturated heterocycles. The van der Waals surface area contributed by atoms with Gasteiger partial charge in [-0.2, -0.15) is 0 Å². The predicted octanol–water partition coefficient (Wildman–Crippen LogP) is -1.10. The zero-order valence-corrected chi connectivity index (χ0v) is 21.5. The summed E-state index contributed by atoms with van der Waals surface area (Å²) >= 11 is 0. The van der Waals surface area contributed by atoms with Crippen LogP contribution in [0.1, 0.15) is 6.92 Å². The fourth-order valence-electron chi connectivity index (χ4n) is 4.74. The monoisotopic (exact) mass is 578 g/mol. The summed E-state index contributed by atoms with van der Waals surface area (Å²) in [6.45, 7) is 0.973. The van der Waals surface area contributed by atoms with E-state index in [9.17, 15) is 45.6 Å². The van der Waals surface area contributed by atoms with Crippen molar-refractivity contribution in [2.45, 2.75) is 68.3 Å². The molecular weight excluding hydrogens is 548 g/mol. The van der Waals surface area contributed by atoms with Gasteiger partial charge in [-0.25, -0.2) is 0 Å². The second kappa shape index (κ2) is 11.5. The molecule has 0 amide bonds. The fraction of sp³-hybridized carbons (Fsp3) is 0.444. The van der Waals surface area contributed by atoms with Crippen LogP contribution in [-0.2, 0) is 14.2 Å². The van der Waals surface area contributed by atoms with E-state index < -0.39 is 79.2 Å². The van der Waals surface area contributed by atoms with Crippen molar-refractivity contribution in [3.8, 4) is 28.4 Å². The molecule has 3 heterocycles. The zero-order valence-electron chi connectivity index (χ0n) is 21.5. The van der Waals surface area contributed by atoms with Crippen LogP contribution in [0.5, 0.6) is 17.2 Å². The van der Waals surface area contributed by atoms with E-state index in [1.165, 1.54) is 43.5 Å². The smallest absolute Gasteiger partial charge is 0.229 e. The van der Waals surface area contributed by atoms with Crippen molar-refractivity contribution in [1.29, 1.82) is 0 Å². The Balaban J connectivity index is 1.33. The number of benzene rings is 2. The van der Waals surface area contributed by atoms with Gasteiger partial charge in [-0.1, -0.05) is 12.1 Å². The summed E-state index contributed by atoms with van der Waals surface area (Å²) in [5, 5.41) is 81.2. The molecule has 5 rings (SSSR count). The van der Waals surface area contributed by atoms with Gasteiger partial charge in [0.2, 0.25) is 11.7 Å². The van der Waals surface area contributed by atoms with Crippen LogP contribution in [0, 0.1) is 0 Å². The molecule has 2 aromatic carbocycles. The molecule has 0 unspecified atom stereocenters. The highest BCUT2D eigenvalue weighted by atomic mass is 16.7. The molecular formula is C27H30O14. The average Bonchev–Trinajstić information content (AvgIpc) is 2.94. The van der Waals surface area contributed by atoms with Gasteiger partial charge in [0.15, 0.2) is 6.29 Å². The lowest BCUT2D eigenvalue weighted by atomic mass is 9.98. The molecule has 222 valence electrons. The van der Waals surface area contributed by atoms with Gasteiger partial charge in [0.1, 0.15) is 77.2 Å². The number of aliphatic hydroxyl groups excluding tert-OH is 6.